The Hall–Kier alpha value is -5.49. The lowest BCUT2D eigenvalue weighted by Crippen LogP contribution is -2.47. The van der Waals surface area contributed by atoms with Crippen LogP contribution in [0.1, 0.15) is 115 Å². The van der Waals surface area contributed by atoms with Crippen LogP contribution in [0.25, 0.3) is 0 Å². The van der Waals surface area contributed by atoms with E-state index in [4.69, 9.17) is 32.9 Å². The van der Waals surface area contributed by atoms with E-state index >= 15 is 0 Å². The van der Waals surface area contributed by atoms with Gasteiger partial charge in [0.05, 0.1) is 13.2 Å². The Kier molecular flexibility index (Phi) is 14.3. The van der Waals surface area contributed by atoms with E-state index in [2.05, 4.69) is 40.7 Å². The number of aromatic carboxylic acids is 1. The molecule has 0 atom stereocenters. The van der Waals surface area contributed by atoms with Crippen molar-refractivity contribution in [3.63, 3.8) is 0 Å². The first-order valence-corrected chi connectivity index (χ1v) is 23.8. The van der Waals surface area contributed by atoms with Gasteiger partial charge in [0.15, 0.2) is 0 Å². The van der Waals surface area contributed by atoms with Gasteiger partial charge >= 0.3 is 12.1 Å². The molecule has 5 fully saturated rings. The van der Waals surface area contributed by atoms with Crippen LogP contribution >= 0.6 is 23.2 Å². The van der Waals surface area contributed by atoms with Crippen LogP contribution in [-0.2, 0) is 31.0 Å². The number of aromatic nitrogens is 4. The lowest BCUT2D eigenvalue weighted by atomic mass is 10.0. The van der Waals surface area contributed by atoms with Gasteiger partial charge in [0.25, 0.3) is 5.91 Å². The molecule has 9 rings (SSSR count). The number of likely N-dealkylation sites (tertiary alicyclic amines) is 1. The van der Waals surface area contributed by atoms with Crippen LogP contribution in [0.4, 0.5) is 28.3 Å². The first-order valence-electron chi connectivity index (χ1n) is 23.0. The third-order valence-corrected chi connectivity index (χ3v) is 14.1. The first kappa shape index (κ1) is 48.0. The second kappa shape index (κ2) is 20.0. The van der Waals surface area contributed by atoms with E-state index in [0.29, 0.717) is 100 Å². The Morgan fingerprint density at radius 2 is 1.21 bits per heavy atom. The molecular formula is C48H60Cl2N10O7. The zero-order chi connectivity index (χ0) is 47.5. The summed E-state index contributed by atoms with van der Waals surface area (Å²) in [6.45, 7) is 10.8. The van der Waals surface area contributed by atoms with E-state index in [1.807, 2.05) is 32.9 Å². The number of carboxylic acid groups (broad SMARTS) is 1. The van der Waals surface area contributed by atoms with Crippen molar-refractivity contribution in [3.8, 4) is 0 Å². The summed E-state index contributed by atoms with van der Waals surface area (Å²) in [6.07, 6.45) is 11.3. The average Bonchev–Trinajstić information content (AvgIpc) is 4.15. The van der Waals surface area contributed by atoms with Crippen molar-refractivity contribution in [2.45, 2.75) is 110 Å². The number of piperidine rings is 1. The van der Waals surface area contributed by atoms with E-state index < -0.39 is 11.6 Å². The highest BCUT2D eigenvalue weighted by Gasteiger charge is 2.49. The van der Waals surface area contributed by atoms with Gasteiger partial charge in [0.2, 0.25) is 11.9 Å². The molecule has 17 nitrogen and oxygen atoms in total. The zero-order valence-corrected chi connectivity index (χ0v) is 39.8. The second-order valence-electron chi connectivity index (χ2n) is 19.6. The predicted molar refractivity (Wildman–Crippen MR) is 256 cm³/mol. The van der Waals surface area contributed by atoms with Crippen LogP contribution in [0, 0.1) is 10.8 Å². The van der Waals surface area contributed by atoms with Crippen molar-refractivity contribution in [1.82, 2.24) is 30.2 Å². The molecular weight excluding hydrogens is 899 g/mol. The third kappa shape index (κ3) is 12.0. The van der Waals surface area contributed by atoms with Gasteiger partial charge < -0.3 is 50.7 Å². The normalized spacial score (nSPS) is 18.1. The molecule has 5 aliphatic rings. The van der Waals surface area contributed by atoms with Gasteiger partial charge in [0, 0.05) is 80.8 Å². The molecule has 2 saturated carbocycles. The topological polar surface area (TPSA) is 218 Å². The van der Waals surface area contributed by atoms with Crippen molar-refractivity contribution in [2.75, 3.05) is 59.7 Å². The summed E-state index contributed by atoms with van der Waals surface area (Å²) >= 11 is 12.4. The summed E-state index contributed by atoms with van der Waals surface area (Å²) in [5, 5.41) is 38.6. The number of hydrogen-bond donors (Lipinski definition) is 6. The molecule has 2 aliphatic carbocycles. The fraction of sp³-hybridized carbons (Fsp3) is 0.521. The van der Waals surface area contributed by atoms with Gasteiger partial charge in [-0.3, -0.25) is 4.79 Å². The van der Waals surface area contributed by atoms with Crippen LogP contribution in [0.5, 0.6) is 0 Å². The summed E-state index contributed by atoms with van der Waals surface area (Å²) in [5.74, 6) is 0.637. The predicted octanol–water partition coefficient (Wildman–Crippen LogP) is 7.28. The lowest BCUT2D eigenvalue weighted by molar-refractivity contribution is 0.0199. The number of aliphatic hydroxyl groups excluding tert-OH is 2. The molecule has 2 aromatic carbocycles. The molecule has 4 aromatic rings. The fourth-order valence-electron chi connectivity index (χ4n) is 8.85. The fourth-order valence-corrected chi connectivity index (χ4v) is 9.37. The number of halogens is 2. The minimum absolute atomic E-state index is 0.0390. The molecule has 6 N–H and O–H groups in total. The van der Waals surface area contributed by atoms with Gasteiger partial charge in [-0.1, -0.05) is 47.5 Å². The number of carbonyl (C=O) groups excluding carboxylic acids is 2. The molecule has 2 amide bonds. The third-order valence-electron chi connectivity index (χ3n) is 13.4. The Bertz CT molecular complexity index is 2470. The molecule has 67 heavy (non-hydrogen) atoms. The Morgan fingerprint density at radius 1 is 0.731 bits per heavy atom. The summed E-state index contributed by atoms with van der Waals surface area (Å²) in [5.41, 5.74) is 3.81. The maximum absolute atomic E-state index is 13.4. The Labute approximate surface area is 400 Å². The van der Waals surface area contributed by atoms with Crippen LogP contribution < -0.4 is 25.8 Å². The molecule has 0 radical (unpaired) electrons. The smallest absolute Gasteiger partial charge is 0.410 e. The van der Waals surface area contributed by atoms with Crippen LogP contribution in [-0.4, -0.2) is 109 Å². The van der Waals surface area contributed by atoms with Crippen molar-refractivity contribution in [2.24, 2.45) is 10.8 Å². The number of benzene rings is 2. The number of rotatable bonds is 13. The highest BCUT2D eigenvalue weighted by molar-refractivity contribution is 6.31. The summed E-state index contributed by atoms with van der Waals surface area (Å²) in [4.78, 5) is 61.6. The van der Waals surface area contributed by atoms with Gasteiger partial charge in [-0.15, -0.1) is 0 Å². The van der Waals surface area contributed by atoms with Gasteiger partial charge in [0.1, 0.15) is 28.4 Å². The molecule has 5 heterocycles. The van der Waals surface area contributed by atoms with E-state index in [9.17, 15) is 29.7 Å². The molecule has 0 bridgehead atoms. The number of aliphatic hydroxyl groups is 2. The quantitative estimate of drug-likeness (QED) is 0.0776. The lowest BCUT2D eigenvalue weighted by Gasteiger charge is -2.33. The van der Waals surface area contributed by atoms with Crippen molar-refractivity contribution in [1.29, 1.82) is 0 Å². The number of ether oxygens (including phenoxy) is 1. The Balaban J connectivity index is 0.000000196. The average molecular weight is 960 g/mol. The Morgan fingerprint density at radius 3 is 1.63 bits per heavy atom. The van der Waals surface area contributed by atoms with Crippen LogP contribution in [0.3, 0.4) is 0 Å². The molecule has 19 heteroatoms. The standard InChI is InChI=1S/C29H39ClN6O4.C19H21ClN4O3/c1-28(2,3)40-27(39)35-11-6-21(7-12-35)33-25(38)22-16-32-26(36-13-10-29(18-36)8-9-29)34-24(22)31-15-19-4-5-20(17-37)23(30)14-19;20-15-7-12(1-2-13(15)10-25)8-21-16-14(17(26)27)9-22-18(23-16)24-6-5-19(11-24)3-4-19/h4-5,14,16,21,37H,6-13,15,17-18H2,1-3H3,(H,33,38)(H,31,32,34);1-2,7,9,25H,3-6,8,10-11H2,(H,26,27)(H,21,22,23). The number of nitrogens with one attached hydrogen (secondary N) is 3. The SMILES string of the molecule is CC(C)(C)OC(=O)N1CCC(NC(=O)c2cnc(N3CCC4(CC4)C3)nc2NCc2ccc(CO)c(Cl)c2)CC1.O=C(O)c1cnc(N2CCC3(CC3)C2)nc1NCc1ccc(CO)c(Cl)c1. The van der Waals surface area contributed by atoms with E-state index in [-0.39, 0.29) is 36.8 Å². The van der Waals surface area contributed by atoms with Gasteiger partial charge in [-0.05, 0) is 117 Å². The maximum atomic E-state index is 13.4. The number of anilines is 4. The summed E-state index contributed by atoms with van der Waals surface area (Å²) < 4.78 is 5.48. The van der Waals surface area contributed by atoms with E-state index in [1.54, 1.807) is 35.4 Å². The van der Waals surface area contributed by atoms with E-state index in [1.165, 1.54) is 31.9 Å². The number of nitrogens with zero attached hydrogens (tertiary/aromatic N) is 7. The molecule has 0 unspecified atom stereocenters. The number of hydrogen-bond acceptors (Lipinski definition) is 14. The second-order valence-corrected chi connectivity index (χ2v) is 20.4. The number of amides is 2. The summed E-state index contributed by atoms with van der Waals surface area (Å²) in [6, 6.07) is 10.8. The summed E-state index contributed by atoms with van der Waals surface area (Å²) in [7, 11) is 0. The highest BCUT2D eigenvalue weighted by atomic mass is 35.5. The van der Waals surface area contributed by atoms with Crippen LogP contribution in [0.2, 0.25) is 10.0 Å². The van der Waals surface area contributed by atoms with Gasteiger partial charge in [-0.25, -0.2) is 19.6 Å². The number of carboxylic acids is 1. The van der Waals surface area contributed by atoms with Crippen molar-refractivity contribution >= 4 is 64.7 Å². The van der Waals surface area contributed by atoms with E-state index in [0.717, 1.165) is 50.1 Å². The van der Waals surface area contributed by atoms with Gasteiger partial charge in [-0.2, -0.15) is 9.97 Å². The van der Waals surface area contributed by atoms with Crippen molar-refractivity contribution < 1.29 is 34.4 Å². The monoisotopic (exact) mass is 958 g/mol. The first-order chi connectivity index (χ1) is 32.0. The zero-order valence-electron chi connectivity index (χ0n) is 38.3. The molecule has 2 aromatic heterocycles. The minimum Gasteiger partial charge on any atom is -0.477 e. The minimum atomic E-state index is -1.07. The molecule has 358 valence electrons. The maximum Gasteiger partial charge on any atom is 0.410 e. The molecule has 3 aliphatic heterocycles. The highest BCUT2D eigenvalue weighted by Crippen LogP contribution is 2.54. The van der Waals surface area contributed by atoms with Crippen LogP contribution in [0.15, 0.2) is 48.8 Å². The van der Waals surface area contributed by atoms with Crippen molar-refractivity contribution in [3.05, 3.63) is 92.2 Å². The largest absolute Gasteiger partial charge is 0.477 e. The molecule has 2 spiro atoms. The molecule has 3 saturated heterocycles. The number of carbonyl (C=O) groups is 3.